The van der Waals surface area contributed by atoms with Gasteiger partial charge in [-0.05, 0) is 30.4 Å². The molecule has 1 amide bonds. The molecule has 27 heavy (non-hydrogen) atoms. The Morgan fingerprint density at radius 1 is 1.22 bits per heavy atom. The van der Waals surface area contributed by atoms with E-state index in [0.29, 0.717) is 12.8 Å². The summed E-state index contributed by atoms with van der Waals surface area (Å²) in [6.45, 7) is 0. The van der Waals surface area contributed by atoms with Gasteiger partial charge in [0, 0.05) is 29.9 Å². The fourth-order valence-corrected chi connectivity index (χ4v) is 4.15. The summed E-state index contributed by atoms with van der Waals surface area (Å²) in [5.74, 6) is 0.302. The van der Waals surface area contributed by atoms with Crippen molar-refractivity contribution in [2.75, 3.05) is 7.11 Å². The van der Waals surface area contributed by atoms with E-state index in [1.165, 1.54) is 39.2 Å². The lowest BCUT2D eigenvalue weighted by Crippen LogP contribution is -2.43. The van der Waals surface area contributed by atoms with E-state index >= 15 is 0 Å². The minimum Gasteiger partial charge on any atom is -0.467 e. The van der Waals surface area contributed by atoms with E-state index in [9.17, 15) is 9.59 Å². The predicted octanol–water partition coefficient (Wildman–Crippen LogP) is 4.12. The molecule has 0 aliphatic heterocycles. The van der Waals surface area contributed by atoms with Crippen LogP contribution in [0.25, 0.3) is 10.9 Å². The van der Waals surface area contributed by atoms with E-state index in [1.807, 2.05) is 30.5 Å². The van der Waals surface area contributed by atoms with Crippen molar-refractivity contribution in [1.82, 2.24) is 10.3 Å². The Labute approximate surface area is 160 Å². The number of rotatable bonds is 8. The van der Waals surface area contributed by atoms with Gasteiger partial charge in [-0.15, -0.1) is 0 Å². The predicted molar refractivity (Wildman–Crippen MR) is 106 cm³/mol. The molecule has 1 saturated carbocycles. The number of amides is 1. The Morgan fingerprint density at radius 2 is 2.00 bits per heavy atom. The maximum Gasteiger partial charge on any atom is 0.328 e. The maximum absolute atomic E-state index is 12.4. The second kappa shape index (κ2) is 9.58. The zero-order chi connectivity index (χ0) is 19.1. The number of aromatic nitrogens is 1. The van der Waals surface area contributed by atoms with Gasteiger partial charge >= 0.3 is 5.97 Å². The molecule has 1 aromatic carbocycles. The highest BCUT2D eigenvalue weighted by atomic mass is 16.5. The molecule has 1 atom stereocenters. The van der Waals surface area contributed by atoms with Gasteiger partial charge in [0.05, 0.1) is 7.11 Å². The van der Waals surface area contributed by atoms with Gasteiger partial charge in [0.2, 0.25) is 5.91 Å². The Hall–Kier alpha value is -2.30. The number of para-hydroxylation sites is 1. The quantitative estimate of drug-likeness (QED) is 0.687. The first-order valence-corrected chi connectivity index (χ1v) is 10.1. The van der Waals surface area contributed by atoms with Crippen LogP contribution in [0.3, 0.4) is 0 Å². The number of benzene rings is 1. The normalized spacial score (nSPS) is 16.2. The van der Waals surface area contributed by atoms with Gasteiger partial charge in [-0.1, -0.05) is 50.3 Å². The molecule has 0 saturated heterocycles. The maximum atomic E-state index is 12.4. The third kappa shape index (κ3) is 5.34. The summed E-state index contributed by atoms with van der Waals surface area (Å²) in [6, 6.07) is 7.29. The van der Waals surface area contributed by atoms with Crippen LogP contribution in [0, 0.1) is 5.92 Å². The fourth-order valence-electron chi connectivity index (χ4n) is 4.15. The van der Waals surface area contributed by atoms with Crippen LogP contribution < -0.4 is 5.32 Å². The fraction of sp³-hybridized carbons (Fsp3) is 0.545. The second-order valence-corrected chi connectivity index (χ2v) is 7.60. The molecule has 1 heterocycles. The molecule has 1 fully saturated rings. The molecular formula is C22H30N2O3. The number of ether oxygens (including phenoxy) is 1. The largest absolute Gasteiger partial charge is 0.467 e. The highest BCUT2D eigenvalue weighted by Crippen LogP contribution is 2.27. The number of carbonyl (C=O) groups is 2. The summed E-state index contributed by atoms with van der Waals surface area (Å²) >= 11 is 0. The lowest BCUT2D eigenvalue weighted by atomic mass is 9.86. The summed E-state index contributed by atoms with van der Waals surface area (Å²) in [4.78, 5) is 27.8. The first-order chi connectivity index (χ1) is 13.2. The minimum atomic E-state index is -0.656. The number of aromatic amines is 1. The van der Waals surface area contributed by atoms with Crippen molar-refractivity contribution in [3.05, 3.63) is 36.0 Å². The van der Waals surface area contributed by atoms with Crippen LogP contribution in [-0.2, 0) is 20.7 Å². The van der Waals surface area contributed by atoms with Crippen LogP contribution in [0.2, 0.25) is 0 Å². The van der Waals surface area contributed by atoms with Crippen molar-refractivity contribution in [3.63, 3.8) is 0 Å². The van der Waals surface area contributed by atoms with Crippen LogP contribution in [0.5, 0.6) is 0 Å². The van der Waals surface area contributed by atoms with Crippen molar-refractivity contribution < 1.29 is 14.3 Å². The molecule has 1 aliphatic rings. The molecule has 0 unspecified atom stereocenters. The van der Waals surface area contributed by atoms with Crippen molar-refractivity contribution in [1.29, 1.82) is 0 Å². The minimum absolute atomic E-state index is 0.0685. The molecule has 2 aromatic rings. The molecule has 146 valence electrons. The number of fused-ring (bicyclic) bond motifs is 1. The lowest BCUT2D eigenvalue weighted by molar-refractivity contribution is -0.145. The number of hydrogen-bond donors (Lipinski definition) is 2. The Balaban J connectivity index is 1.54. The molecule has 5 heteroatoms. The number of nitrogens with one attached hydrogen (secondary N) is 2. The van der Waals surface area contributed by atoms with E-state index in [4.69, 9.17) is 4.74 Å². The molecular weight excluding hydrogens is 340 g/mol. The molecule has 2 N–H and O–H groups in total. The monoisotopic (exact) mass is 370 g/mol. The van der Waals surface area contributed by atoms with Gasteiger partial charge in [0.15, 0.2) is 0 Å². The first kappa shape index (κ1) is 19.5. The lowest BCUT2D eigenvalue weighted by Gasteiger charge is -2.21. The van der Waals surface area contributed by atoms with Crippen LogP contribution in [0.15, 0.2) is 30.5 Å². The molecule has 1 aromatic heterocycles. The summed E-state index contributed by atoms with van der Waals surface area (Å²) < 4.78 is 4.91. The molecule has 0 bridgehead atoms. The van der Waals surface area contributed by atoms with E-state index in [1.54, 1.807) is 0 Å². The highest BCUT2D eigenvalue weighted by molar-refractivity contribution is 5.87. The summed E-state index contributed by atoms with van der Waals surface area (Å²) in [5, 5.41) is 3.95. The van der Waals surface area contributed by atoms with Crippen LogP contribution >= 0.6 is 0 Å². The van der Waals surface area contributed by atoms with Crippen molar-refractivity contribution >= 4 is 22.8 Å². The Bertz CT molecular complexity index is 762. The number of hydrogen-bond acceptors (Lipinski definition) is 3. The van der Waals surface area contributed by atoms with Gasteiger partial charge in [0.25, 0.3) is 0 Å². The van der Waals surface area contributed by atoms with Gasteiger partial charge in [-0.2, -0.15) is 0 Å². The average Bonchev–Trinajstić information content (AvgIpc) is 3.10. The highest BCUT2D eigenvalue weighted by Gasteiger charge is 2.23. The first-order valence-electron chi connectivity index (χ1n) is 10.1. The zero-order valence-corrected chi connectivity index (χ0v) is 16.1. The van der Waals surface area contributed by atoms with Crippen molar-refractivity contribution in [2.24, 2.45) is 5.92 Å². The van der Waals surface area contributed by atoms with E-state index in [2.05, 4.69) is 10.3 Å². The number of carbonyl (C=O) groups excluding carboxylic acids is 2. The van der Waals surface area contributed by atoms with Gasteiger partial charge in [0.1, 0.15) is 6.04 Å². The summed E-state index contributed by atoms with van der Waals surface area (Å²) in [5.41, 5.74) is 2.03. The van der Waals surface area contributed by atoms with Crippen LogP contribution in [-0.4, -0.2) is 30.0 Å². The molecule has 1 aliphatic carbocycles. The zero-order valence-electron chi connectivity index (χ0n) is 16.1. The number of methoxy groups -OCH3 is 1. The van der Waals surface area contributed by atoms with E-state index in [-0.39, 0.29) is 5.91 Å². The third-order valence-corrected chi connectivity index (χ3v) is 5.66. The molecule has 3 rings (SSSR count). The van der Waals surface area contributed by atoms with Crippen molar-refractivity contribution in [2.45, 2.75) is 63.8 Å². The SMILES string of the molecule is COC(=O)[C@@H](Cc1c[nH]c2ccccc12)NC(=O)CCCC1CCCCC1. The summed E-state index contributed by atoms with van der Waals surface area (Å²) in [7, 11) is 1.36. The van der Waals surface area contributed by atoms with Gasteiger partial charge in [-0.25, -0.2) is 4.79 Å². The number of esters is 1. The van der Waals surface area contributed by atoms with E-state index in [0.717, 1.165) is 35.2 Å². The van der Waals surface area contributed by atoms with Crippen LogP contribution in [0.4, 0.5) is 0 Å². The van der Waals surface area contributed by atoms with Crippen molar-refractivity contribution in [3.8, 4) is 0 Å². The van der Waals surface area contributed by atoms with E-state index < -0.39 is 12.0 Å². The third-order valence-electron chi connectivity index (χ3n) is 5.66. The Kier molecular flexibility index (Phi) is 6.91. The molecule has 0 radical (unpaired) electrons. The molecule has 0 spiro atoms. The Morgan fingerprint density at radius 3 is 2.78 bits per heavy atom. The van der Waals surface area contributed by atoms with Gasteiger partial charge in [-0.3, -0.25) is 4.79 Å². The van der Waals surface area contributed by atoms with Crippen LogP contribution in [0.1, 0.15) is 56.9 Å². The summed E-state index contributed by atoms with van der Waals surface area (Å²) in [6.07, 6.45) is 11.4. The van der Waals surface area contributed by atoms with Gasteiger partial charge < -0.3 is 15.0 Å². The molecule has 5 nitrogen and oxygen atoms in total. The number of H-pyrrole nitrogens is 1. The smallest absolute Gasteiger partial charge is 0.328 e. The average molecular weight is 370 g/mol. The second-order valence-electron chi connectivity index (χ2n) is 7.60. The standard InChI is InChI=1S/C22H30N2O3/c1-27-22(26)20(14-17-15-23-19-12-6-5-11-18(17)19)24-21(25)13-7-10-16-8-3-2-4-9-16/h5-6,11-12,15-16,20,23H,2-4,7-10,13-14H2,1H3,(H,24,25)/t20-/m1/s1. The topological polar surface area (TPSA) is 71.2 Å².